The molecule has 0 amide bonds. The zero-order valence-corrected chi connectivity index (χ0v) is 20.1. The monoisotopic (exact) mass is 523 g/mol. The molecule has 198 valence electrons. The predicted octanol–water partition coefficient (Wildman–Crippen LogP) is 5.77. The van der Waals surface area contributed by atoms with E-state index in [0.717, 1.165) is 50.4 Å². The van der Waals surface area contributed by atoms with Crippen molar-refractivity contribution in [3.8, 4) is 11.1 Å². The maximum Gasteiger partial charge on any atom is 0.430 e. The molecule has 2 heterocycles. The van der Waals surface area contributed by atoms with Gasteiger partial charge in [0.1, 0.15) is 0 Å². The lowest BCUT2D eigenvalue weighted by molar-refractivity contribution is -0.376. The van der Waals surface area contributed by atoms with Gasteiger partial charge in [-0.3, -0.25) is 14.8 Å². The molecule has 3 aromatic rings. The molecule has 1 aliphatic heterocycles. The highest BCUT2D eigenvalue weighted by molar-refractivity contribution is 5.64. The summed E-state index contributed by atoms with van der Waals surface area (Å²) in [6, 6.07) is 15.4. The summed E-state index contributed by atoms with van der Waals surface area (Å²) in [5, 5.41) is 9.56. The van der Waals surface area contributed by atoms with Crippen molar-refractivity contribution in [1.29, 1.82) is 0 Å². The summed E-state index contributed by atoms with van der Waals surface area (Å²) >= 11 is 0. The lowest BCUT2D eigenvalue weighted by Crippen LogP contribution is -2.53. The smallest absolute Gasteiger partial charge is 0.369 e. The molecule has 0 spiro atoms. The molecule has 1 fully saturated rings. The quantitative estimate of drug-likeness (QED) is 0.417. The summed E-state index contributed by atoms with van der Waals surface area (Å²) < 4.78 is 78.7. The van der Waals surface area contributed by atoms with Crippen LogP contribution >= 0.6 is 0 Å². The van der Waals surface area contributed by atoms with Gasteiger partial charge >= 0.3 is 12.4 Å². The fourth-order valence-electron chi connectivity index (χ4n) is 4.62. The van der Waals surface area contributed by atoms with Gasteiger partial charge in [0.2, 0.25) is 0 Å². The lowest BCUT2D eigenvalue weighted by Gasteiger charge is -2.40. The number of benzene rings is 2. The van der Waals surface area contributed by atoms with E-state index in [4.69, 9.17) is 0 Å². The van der Waals surface area contributed by atoms with Crippen LogP contribution in [0.3, 0.4) is 0 Å². The van der Waals surface area contributed by atoms with Gasteiger partial charge in [-0.25, -0.2) is 0 Å². The van der Waals surface area contributed by atoms with Crippen molar-refractivity contribution in [3.63, 3.8) is 0 Å². The number of hydrogen-bond donors (Lipinski definition) is 1. The predicted molar refractivity (Wildman–Crippen MR) is 127 cm³/mol. The van der Waals surface area contributed by atoms with Gasteiger partial charge in [0, 0.05) is 56.7 Å². The Morgan fingerprint density at radius 1 is 0.757 bits per heavy atom. The van der Waals surface area contributed by atoms with E-state index in [9.17, 15) is 31.4 Å². The van der Waals surface area contributed by atoms with E-state index in [2.05, 4.69) is 21.7 Å². The summed E-state index contributed by atoms with van der Waals surface area (Å²) in [6.07, 6.45) is -8.23. The fraction of sp³-hybridized carbons (Fsp3) is 0.370. The Bertz CT molecular complexity index is 1150. The minimum atomic E-state index is -5.91. The van der Waals surface area contributed by atoms with Gasteiger partial charge in [-0.2, -0.15) is 26.3 Å². The largest absolute Gasteiger partial charge is 0.430 e. The normalized spacial score (nSPS) is 18.2. The molecule has 4 nitrogen and oxygen atoms in total. The molecule has 37 heavy (non-hydrogen) atoms. The molecule has 4 rings (SSSR count). The molecule has 1 saturated heterocycles. The highest BCUT2D eigenvalue weighted by Gasteiger charge is 2.71. The summed E-state index contributed by atoms with van der Waals surface area (Å²) in [7, 11) is 0. The number of alkyl halides is 6. The number of rotatable bonds is 6. The standard InChI is InChI=1S/C27H27F6N3O/c1-19-16-35(17-21-10-12-34-13-11-21)14-15-36(19)18-20-2-4-22(5-3-20)23-6-8-24(9-7-23)25(37,26(28,29)30)27(31,32)33/h2-13,19,37H,14-18H2,1H3/t19-/m1/s1. The van der Waals surface area contributed by atoms with Crippen LogP contribution in [0.2, 0.25) is 0 Å². The molecule has 1 atom stereocenters. The Hall–Kier alpha value is -2.95. The lowest BCUT2D eigenvalue weighted by atomic mass is 9.90. The molecule has 1 aliphatic rings. The highest BCUT2D eigenvalue weighted by Crippen LogP contribution is 2.50. The van der Waals surface area contributed by atoms with E-state index in [0.29, 0.717) is 29.3 Å². The van der Waals surface area contributed by atoms with Gasteiger partial charge in [-0.15, -0.1) is 0 Å². The molecule has 0 unspecified atom stereocenters. The van der Waals surface area contributed by atoms with Gasteiger partial charge in [0.05, 0.1) is 0 Å². The molecule has 2 aromatic carbocycles. The van der Waals surface area contributed by atoms with E-state index in [-0.39, 0.29) is 0 Å². The Morgan fingerprint density at radius 2 is 1.27 bits per heavy atom. The number of halogens is 6. The van der Waals surface area contributed by atoms with Gasteiger partial charge in [0.15, 0.2) is 0 Å². The maximum atomic E-state index is 13.1. The first-order chi connectivity index (χ1) is 17.4. The van der Waals surface area contributed by atoms with E-state index >= 15 is 0 Å². The van der Waals surface area contributed by atoms with Crippen LogP contribution in [0.5, 0.6) is 0 Å². The van der Waals surface area contributed by atoms with Gasteiger partial charge < -0.3 is 5.11 Å². The number of piperazine rings is 1. The molecular weight excluding hydrogens is 496 g/mol. The van der Waals surface area contributed by atoms with Crippen LogP contribution in [0.1, 0.15) is 23.6 Å². The zero-order valence-electron chi connectivity index (χ0n) is 20.1. The van der Waals surface area contributed by atoms with Gasteiger partial charge in [0.25, 0.3) is 5.60 Å². The highest BCUT2D eigenvalue weighted by atomic mass is 19.4. The third-order valence-electron chi connectivity index (χ3n) is 6.80. The summed E-state index contributed by atoms with van der Waals surface area (Å²) in [4.78, 5) is 8.83. The fourth-order valence-corrected chi connectivity index (χ4v) is 4.62. The molecule has 0 radical (unpaired) electrons. The van der Waals surface area contributed by atoms with Crippen molar-refractivity contribution >= 4 is 0 Å². The number of aromatic nitrogens is 1. The zero-order chi connectivity index (χ0) is 26.8. The van der Waals surface area contributed by atoms with Crippen LogP contribution in [-0.4, -0.2) is 57.9 Å². The molecule has 1 aromatic heterocycles. The third-order valence-corrected chi connectivity index (χ3v) is 6.80. The van der Waals surface area contributed by atoms with Crippen LogP contribution in [0, 0.1) is 0 Å². The average molecular weight is 524 g/mol. The van der Waals surface area contributed by atoms with Gasteiger partial charge in [-0.05, 0) is 41.3 Å². The minimum absolute atomic E-state index is 0.337. The number of nitrogens with zero attached hydrogens (tertiary/aromatic N) is 3. The van der Waals surface area contributed by atoms with E-state index < -0.39 is 23.5 Å². The number of pyridine rings is 1. The third kappa shape index (κ3) is 5.81. The molecule has 1 N–H and O–H groups in total. The van der Waals surface area contributed by atoms with E-state index in [1.165, 1.54) is 5.56 Å². The number of aliphatic hydroxyl groups is 1. The van der Waals surface area contributed by atoms with Crippen molar-refractivity contribution in [3.05, 3.63) is 89.7 Å². The Balaban J connectivity index is 1.39. The van der Waals surface area contributed by atoms with Crippen molar-refractivity contribution in [2.45, 2.75) is 44.0 Å². The Morgan fingerprint density at radius 3 is 1.78 bits per heavy atom. The van der Waals surface area contributed by atoms with Crippen molar-refractivity contribution < 1.29 is 31.4 Å². The topological polar surface area (TPSA) is 39.6 Å². The Labute approximate surface area is 211 Å². The van der Waals surface area contributed by atoms with Gasteiger partial charge in [-0.1, -0.05) is 48.5 Å². The van der Waals surface area contributed by atoms with Crippen LogP contribution in [0.15, 0.2) is 73.1 Å². The molecule has 0 aliphatic carbocycles. The number of hydrogen-bond acceptors (Lipinski definition) is 4. The first kappa shape index (κ1) is 27.1. The van der Waals surface area contributed by atoms with Crippen LogP contribution < -0.4 is 0 Å². The van der Waals surface area contributed by atoms with Crippen molar-refractivity contribution in [2.24, 2.45) is 0 Å². The molecular formula is C27H27F6N3O. The molecule has 10 heteroatoms. The summed E-state index contributed by atoms with van der Waals surface area (Å²) in [5.41, 5.74) is -2.83. The SMILES string of the molecule is C[C@@H]1CN(Cc2ccncc2)CCN1Cc1ccc(-c2ccc(C(O)(C(F)(F)F)C(F)(F)F)cc2)cc1. The first-order valence-electron chi connectivity index (χ1n) is 11.8. The summed E-state index contributed by atoms with van der Waals surface area (Å²) in [5.74, 6) is 0. The van der Waals surface area contributed by atoms with Crippen LogP contribution in [-0.2, 0) is 18.7 Å². The Kier molecular flexibility index (Phi) is 7.64. The van der Waals surface area contributed by atoms with Crippen molar-refractivity contribution in [2.75, 3.05) is 19.6 Å². The first-order valence-corrected chi connectivity index (χ1v) is 11.8. The molecule has 0 bridgehead atoms. The van der Waals surface area contributed by atoms with Crippen molar-refractivity contribution in [1.82, 2.24) is 14.8 Å². The van der Waals surface area contributed by atoms with Crippen LogP contribution in [0.4, 0.5) is 26.3 Å². The van der Waals surface area contributed by atoms with E-state index in [1.54, 1.807) is 24.5 Å². The van der Waals surface area contributed by atoms with Crippen LogP contribution in [0.25, 0.3) is 11.1 Å². The second kappa shape index (κ2) is 10.4. The summed E-state index contributed by atoms with van der Waals surface area (Å²) in [6.45, 7) is 6.54. The van der Waals surface area contributed by atoms with E-state index in [1.807, 2.05) is 24.3 Å². The maximum absolute atomic E-state index is 13.1. The average Bonchev–Trinajstić information content (AvgIpc) is 2.85. The second-order valence-corrected chi connectivity index (χ2v) is 9.39. The second-order valence-electron chi connectivity index (χ2n) is 9.39. The minimum Gasteiger partial charge on any atom is -0.369 e. The molecule has 0 saturated carbocycles.